The zero-order valence-corrected chi connectivity index (χ0v) is 13.3. The van der Waals surface area contributed by atoms with Crippen LogP contribution in [0.4, 0.5) is 5.69 Å². The summed E-state index contributed by atoms with van der Waals surface area (Å²) in [5.41, 5.74) is 1.44. The van der Waals surface area contributed by atoms with Crippen LogP contribution in [0.3, 0.4) is 0 Å². The Balaban J connectivity index is 1.89. The summed E-state index contributed by atoms with van der Waals surface area (Å²) in [6, 6.07) is 15.0. The molecule has 0 radical (unpaired) electrons. The number of hydrogen-bond donors (Lipinski definition) is 2. The number of anilines is 1. The molecule has 1 aromatic heterocycles. The zero-order chi connectivity index (χ0) is 17.2. The Morgan fingerprint density at radius 3 is 2.54 bits per heavy atom. The SMILES string of the molecule is NS(=O)(=O)c1cccc(NC(=O)c2cncn2-c2ccccc2)c1. The van der Waals surface area contributed by atoms with Crippen LogP contribution in [0.5, 0.6) is 0 Å². The molecular weight excluding hydrogens is 328 g/mol. The van der Waals surface area contributed by atoms with Crippen LogP contribution in [0, 0.1) is 0 Å². The fourth-order valence-corrected chi connectivity index (χ4v) is 2.76. The Kier molecular flexibility index (Phi) is 4.15. The largest absolute Gasteiger partial charge is 0.321 e. The molecule has 1 amide bonds. The van der Waals surface area contributed by atoms with E-state index in [4.69, 9.17) is 5.14 Å². The van der Waals surface area contributed by atoms with Crippen molar-refractivity contribution in [3.8, 4) is 5.69 Å². The number of aromatic nitrogens is 2. The number of amides is 1. The van der Waals surface area contributed by atoms with E-state index in [-0.39, 0.29) is 4.90 Å². The van der Waals surface area contributed by atoms with Gasteiger partial charge in [-0.05, 0) is 30.3 Å². The van der Waals surface area contributed by atoms with Gasteiger partial charge in [0.05, 0.1) is 17.4 Å². The second kappa shape index (κ2) is 6.26. The van der Waals surface area contributed by atoms with E-state index in [2.05, 4.69) is 10.3 Å². The summed E-state index contributed by atoms with van der Waals surface area (Å²) in [7, 11) is -3.83. The van der Waals surface area contributed by atoms with Gasteiger partial charge in [-0.1, -0.05) is 24.3 Å². The molecule has 0 bridgehead atoms. The number of carbonyl (C=O) groups is 1. The van der Waals surface area contributed by atoms with Gasteiger partial charge >= 0.3 is 0 Å². The van der Waals surface area contributed by atoms with Crippen LogP contribution in [0.15, 0.2) is 72.0 Å². The van der Waals surface area contributed by atoms with Crippen LogP contribution in [-0.2, 0) is 10.0 Å². The minimum Gasteiger partial charge on any atom is -0.321 e. The lowest BCUT2D eigenvalue weighted by Crippen LogP contribution is -2.17. The zero-order valence-electron chi connectivity index (χ0n) is 12.5. The number of nitrogens with zero attached hydrogens (tertiary/aromatic N) is 2. The molecule has 3 rings (SSSR count). The van der Waals surface area contributed by atoms with E-state index < -0.39 is 15.9 Å². The summed E-state index contributed by atoms with van der Waals surface area (Å²) in [6.45, 7) is 0. The van der Waals surface area contributed by atoms with Gasteiger partial charge in [-0.15, -0.1) is 0 Å². The summed E-state index contributed by atoms with van der Waals surface area (Å²) in [6.07, 6.45) is 2.97. The van der Waals surface area contributed by atoms with Crippen LogP contribution >= 0.6 is 0 Å². The van der Waals surface area contributed by atoms with E-state index in [1.165, 1.54) is 30.7 Å². The van der Waals surface area contributed by atoms with Crippen LogP contribution in [0.25, 0.3) is 5.69 Å². The molecule has 0 spiro atoms. The number of imidazole rings is 1. The van der Waals surface area contributed by atoms with Gasteiger partial charge < -0.3 is 5.32 Å². The van der Waals surface area contributed by atoms with Crippen molar-refractivity contribution in [2.24, 2.45) is 5.14 Å². The van der Waals surface area contributed by atoms with E-state index in [0.29, 0.717) is 11.4 Å². The molecule has 0 saturated carbocycles. The monoisotopic (exact) mass is 342 g/mol. The molecule has 3 N–H and O–H groups in total. The van der Waals surface area contributed by atoms with Crippen LogP contribution < -0.4 is 10.5 Å². The lowest BCUT2D eigenvalue weighted by molar-refractivity contribution is 0.102. The summed E-state index contributed by atoms with van der Waals surface area (Å²) in [5, 5.41) is 7.74. The second-order valence-electron chi connectivity index (χ2n) is 5.01. The molecule has 7 nitrogen and oxygen atoms in total. The third-order valence-corrected chi connectivity index (χ3v) is 4.24. The first-order valence-electron chi connectivity index (χ1n) is 6.97. The van der Waals surface area contributed by atoms with Gasteiger partial charge in [0.2, 0.25) is 10.0 Å². The maximum Gasteiger partial charge on any atom is 0.274 e. The van der Waals surface area contributed by atoms with E-state index in [1.54, 1.807) is 10.6 Å². The highest BCUT2D eigenvalue weighted by Crippen LogP contribution is 2.16. The average Bonchev–Trinajstić information content (AvgIpc) is 3.05. The van der Waals surface area contributed by atoms with E-state index in [0.717, 1.165) is 5.69 Å². The van der Waals surface area contributed by atoms with Gasteiger partial charge in [-0.3, -0.25) is 9.36 Å². The van der Waals surface area contributed by atoms with Crippen molar-refractivity contribution in [1.29, 1.82) is 0 Å². The summed E-state index contributed by atoms with van der Waals surface area (Å²) >= 11 is 0. The number of nitrogens with two attached hydrogens (primary N) is 1. The molecule has 2 aromatic carbocycles. The fourth-order valence-electron chi connectivity index (χ4n) is 2.20. The normalized spacial score (nSPS) is 11.2. The summed E-state index contributed by atoms with van der Waals surface area (Å²) in [4.78, 5) is 16.4. The van der Waals surface area contributed by atoms with Crippen molar-refractivity contribution in [3.05, 3.63) is 72.8 Å². The Morgan fingerprint density at radius 2 is 1.83 bits per heavy atom. The molecule has 0 fully saturated rings. The van der Waals surface area contributed by atoms with Crippen molar-refractivity contribution >= 4 is 21.6 Å². The Labute approximate surface area is 138 Å². The fraction of sp³-hybridized carbons (Fsp3) is 0. The third kappa shape index (κ3) is 3.34. The Hall–Kier alpha value is -2.97. The smallest absolute Gasteiger partial charge is 0.274 e. The van der Waals surface area contributed by atoms with E-state index >= 15 is 0 Å². The minimum atomic E-state index is -3.83. The molecule has 0 aliphatic rings. The van der Waals surface area contributed by atoms with E-state index in [9.17, 15) is 13.2 Å². The van der Waals surface area contributed by atoms with Crippen molar-refractivity contribution in [1.82, 2.24) is 9.55 Å². The highest BCUT2D eigenvalue weighted by molar-refractivity contribution is 7.89. The van der Waals surface area contributed by atoms with Crippen LogP contribution in [0.1, 0.15) is 10.5 Å². The molecule has 1 heterocycles. The molecular formula is C16H14N4O3S. The van der Waals surface area contributed by atoms with Gasteiger partial charge in [0.25, 0.3) is 5.91 Å². The molecule has 3 aromatic rings. The minimum absolute atomic E-state index is 0.0723. The number of carbonyl (C=O) groups excluding carboxylic acids is 1. The van der Waals surface area contributed by atoms with Crippen molar-refractivity contribution in [2.75, 3.05) is 5.32 Å². The van der Waals surface area contributed by atoms with Gasteiger partial charge in [0, 0.05) is 11.4 Å². The first kappa shape index (κ1) is 15.9. The average molecular weight is 342 g/mol. The first-order valence-corrected chi connectivity index (χ1v) is 8.52. The van der Waals surface area contributed by atoms with E-state index in [1.807, 2.05) is 30.3 Å². The summed E-state index contributed by atoms with van der Waals surface area (Å²) in [5.74, 6) is -0.414. The molecule has 0 saturated heterocycles. The van der Waals surface area contributed by atoms with Crippen molar-refractivity contribution < 1.29 is 13.2 Å². The topological polar surface area (TPSA) is 107 Å². The van der Waals surface area contributed by atoms with Crippen molar-refractivity contribution in [2.45, 2.75) is 4.90 Å². The summed E-state index contributed by atoms with van der Waals surface area (Å²) < 4.78 is 24.4. The van der Waals surface area contributed by atoms with Crippen LogP contribution in [0.2, 0.25) is 0 Å². The Bertz CT molecular complexity index is 981. The molecule has 24 heavy (non-hydrogen) atoms. The van der Waals surface area contributed by atoms with Gasteiger partial charge in [0.1, 0.15) is 5.69 Å². The molecule has 8 heteroatoms. The molecule has 0 aliphatic heterocycles. The number of hydrogen-bond acceptors (Lipinski definition) is 4. The second-order valence-corrected chi connectivity index (χ2v) is 6.57. The van der Waals surface area contributed by atoms with Gasteiger partial charge in [-0.2, -0.15) is 0 Å². The van der Waals surface area contributed by atoms with Gasteiger partial charge in [0.15, 0.2) is 0 Å². The molecule has 0 aliphatic carbocycles. The number of primary sulfonamides is 1. The lowest BCUT2D eigenvalue weighted by atomic mass is 10.3. The van der Waals surface area contributed by atoms with Crippen molar-refractivity contribution in [3.63, 3.8) is 0 Å². The predicted octanol–water partition coefficient (Wildman–Crippen LogP) is 1.77. The lowest BCUT2D eigenvalue weighted by Gasteiger charge is -2.09. The Morgan fingerprint density at radius 1 is 1.08 bits per heavy atom. The third-order valence-electron chi connectivity index (χ3n) is 3.33. The molecule has 122 valence electrons. The number of nitrogens with one attached hydrogen (secondary N) is 1. The first-order chi connectivity index (χ1) is 11.4. The number of sulfonamides is 1. The molecule has 0 atom stereocenters. The highest BCUT2D eigenvalue weighted by Gasteiger charge is 2.14. The standard InChI is InChI=1S/C16H14N4O3S/c17-24(22,23)14-8-4-5-12(9-14)19-16(21)15-10-18-11-20(15)13-6-2-1-3-7-13/h1-11H,(H,19,21)(H2,17,22,23). The maximum atomic E-state index is 12.5. The highest BCUT2D eigenvalue weighted by atomic mass is 32.2. The maximum absolute atomic E-state index is 12.5. The number of rotatable bonds is 4. The predicted molar refractivity (Wildman–Crippen MR) is 89.3 cm³/mol. The molecule has 0 unspecified atom stereocenters. The van der Waals surface area contributed by atoms with Gasteiger partial charge in [-0.25, -0.2) is 18.5 Å². The number of para-hydroxylation sites is 1. The quantitative estimate of drug-likeness (QED) is 0.753. The number of benzene rings is 2. The van der Waals surface area contributed by atoms with Crippen LogP contribution in [-0.4, -0.2) is 23.9 Å².